The summed E-state index contributed by atoms with van der Waals surface area (Å²) in [5, 5.41) is 6.86. The van der Waals surface area contributed by atoms with Crippen LogP contribution >= 0.6 is 0 Å². The third-order valence-corrected chi connectivity index (χ3v) is 5.92. The van der Waals surface area contributed by atoms with Gasteiger partial charge in [0, 0.05) is 29.8 Å². The van der Waals surface area contributed by atoms with E-state index in [1.54, 1.807) is 43.5 Å². The predicted molar refractivity (Wildman–Crippen MR) is 116 cm³/mol. The number of para-hydroxylation sites is 1. The lowest BCUT2D eigenvalue weighted by Crippen LogP contribution is -2.48. The Hall–Kier alpha value is -3.13. The smallest absolute Gasteiger partial charge is 0.359 e. The van der Waals surface area contributed by atoms with Gasteiger partial charge in [0.1, 0.15) is 11.4 Å². The average molecular weight is 443 g/mol. The number of fused-ring (bicyclic) bond motifs is 1. The van der Waals surface area contributed by atoms with E-state index in [4.69, 9.17) is 4.74 Å². The molecule has 1 aliphatic rings. The number of carbonyl (C=O) groups excluding carboxylic acids is 1. The highest BCUT2D eigenvalue weighted by Crippen LogP contribution is 2.37. The maximum Gasteiger partial charge on any atom is 0.433 e. The molecule has 32 heavy (non-hydrogen) atoms. The fourth-order valence-electron chi connectivity index (χ4n) is 4.14. The number of nitrogens with one attached hydrogen (secondary N) is 2. The van der Waals surface area contributed by atoms with Crippen LogP contribution in [0.4, 0.5) is 18.9 Å². The van der Waals surface area contributed by atoms with Crippen molar-refractivity contribution in [1.29, 1.82) is 0 Å². The van der Waals surface area contributed by atoms with Gasteiger partial charge < -0.3 is 15.4 Å². The molecular weight excluding hydrogens is 419 g/mol. The molecule has 1 aliphatic carbocycles. The molecule has 1 fully saturated rings. The van der Waals surface area contributed by atoms with E-state index in [2.05, 4.69) is 15.6 Å². The lowest BCUT2D eigenvalue weighted by atomic mass is 9.87. The van der Waals surface area contributed by atoms with Crippen LogP contribution in [0.3, 0.4) is 0 Å². The zero-order chi connectivity index (χ0) is 22.8. The van der Waals surface area contributed by atoms with Crippen LogP contribution in [0.25, 0.3) is 10.9 Å². The lowest BCUT2D eigenvalue weighted by molar-refractivity contribution is -0.140. The van der Waals surface area contributed by atoms with Gasteiger partial charge in [0.25, 0.3) is 5.91 Å². The maximum absolute atomic E-state index is 13.4. The molecule has 0 radical (unpaired) electrons. The van der Waals surface area contributed by atoms with Crippen molar-refractivity contribution in [2.75, 3.05) is 12.4 Å². The molecule has 2 N–H and O–H groups in total. The summed E-state index contributed by atoms with van der Waals surface area (Å²) < 4.78 is 46.0. The van der Waals surface area contributed by atoms with E-state index in [0.29, 0.717) is 42.3 Å². The summed E-state index contributed by atoms with van der Waals surface area (Å²) in [4.78, 5) is 16.2. The Morgan fingerprint density at radius 1 is 1.06 bits per heavy atom. The number of carbonyl (C=O) groups is 1. The molecule has 1 aromatic heterocycles. The van der Waals surface area contributed by atoms with E-state index in [-0.39, 0.29) is 17.5 Å². The number of pyridine rings is 1. The third-order valence-electron chi connectivity index (χ3n) is 5.92. The number of rotatable bonds is 5. The van der Waals surface area contributed by atoms with Crippen LogP contribution in [-0.2, 0) is 10.9 Å². The second kappa shape index (κ2) is 8.78. The summed E-state index contributed by atoms with van der Waals surface area (Å²) in [6.07, 6.45) is -2.23. The number of benzene rings is 2. The van der Waals surface area contributed by atoms with Crippen molar-refractivity contribution in [3.05, 3.63) is 71.9 Å². The molecule has 8 heteroatoms. The van der Waals surface area contributed by atoms with Gasteiger partial charge in [0.05, 0.1) is 5.52 Å². The number of amides is 1. The number of hydrogen-bond acceptors (Lipinski definition) is 4. The number of nitrogens with zero attached hydrogens (tertiary/aromatic N) is 1. The minimum absolute atomic E-state index is 0.0345. The van der Waals surface area contributed by atoms with E-state index in [1.165, 1.54) is 0 Å². The molecule has 3 aromatic rings. The summed E-state index contributed by atoms with van der Waals surface area (Å²) in [5.74, 6) is -0.136. The lowest BCUT2D eigenvalue weighted by Gasteiger charge is -2.40. The summed E-state index contributed by atoms with van der Waals surface area (Å²) in [6, 6.07) is 16.7. The van der Waals surface area contributed by atoms with Crippen LogP contribution in [0.15, 0.2) is 60.7 Å². The molecule has 1 amide bonds. The highest BCUT2D eigenvalue weighted by Gasteiger charge is 2.38. The topological polar surface area (TPSA) is 63.2 Å². The van der Waals surface area contributed by atoms with Crippen molar-refractivity contribution in [1.82, 2.24) is 10.3 Å². The number of alkyl halides is 3. The summed E-state index contributed by atoms with van der Waals surface area (Å²) in [6.45, 7) is 0. The molecule has 0 bridgehead atoms. The molecule has 0 atom stereocenters. The Kier molecular flexibility index (Phi) is 6.06. The van der Waals surface area contributed by atoms with E-state index in [1.807, 2.05) is 18.2 Å². The quantitative estimate of drug-likeness (QED) is 0.520. The number of aromatic nitrogens is 1. The second-order valence-corrected chi connectivity index (χ2v) is 8.01. The second-order valence-electron chi connectivity index (χ2n) is 8.01. The molecule has 2 aromatic carbocycles. The zero-order valence-electron chi connectivity index (χ0n) is 17.6. The molecule has 0 saturated heterocycles. The Labute approximate surface area is 184 Å². The highest BCUT2D eigenvalue weighted by molar-refractivity contribution is 5.94. The zero-order valence-corrected chi connectivity index (χ0v) is 17.6. The first-order valence-electron chi connectivity index (χ1n) is 10.5. The summed E-state index contributed by atoms with van der Waals surface area (Å²) >= 11 is 0. The van der Waals surface area contributed by atoms with E-state index in [9.17, 15) is 18.0 Å². The standard InChI is InChI=1S/C24H24F3N3O2/c1-32-23(13-11-17(12-14-23)28-22(31)16-7-3-2-4-8-16)30-20-15-21(24(25,26)27)29-19-10-6-5-9-18(19)20/h2-10,15,17H,11-14H2,1H3,(H,28,31)(H,29,30). The van der Waals surface area contributed by atoms with E-state index >= 15 is 0 Å². The van der Waals surface area contributed by atoms with Crippen LogP contribution in [-0.4, -0.2) is 29.8 Å². The number of halogens is 3. The van der Waals surface area contributed by atoms with Crippen molar-refractivity contribution in [2.24, 2.45) is 0 Å². The average Bonchev–Trinajstić information content (AvgIpc) is 2.80. The molecular formula is C24H24F3N3O2. The van der Waals surface area contributed by atoms with Crippen LogP contribution < -0.4 is 10.6 Å². The number of ether oxygens (including phenoxy) is 1. The molecule has 5 nitrogen and oxygen atoms in total. The van der Waals surface area contributed by atoms with Crippen molar-refractivity contribution < 1.29 is 22.7 Å². The molecule has 1 saturated carbocycles. The first-order valence-corrected chi connectivity index (χ1v) is 10.5. The number of methoxy groups -OCH3 is 1. The number of hydrogen-bond donors (Lipinski definition) is 2. The molecule has 0 aliphatic heterocycles. The van der Waals surface area contributed by atoms with Gasteiger partial charge in [0.2, 0.25) is 0 Å². The first-order chi connectivity index (χ1) is 15.3. The highest BCUT2D eigenvalue weighted by atomic mass is 19.4. The third kappa shape index (κ3) is 4.70. The normalized spacial score (nSPS) is 21.3. The molecule has 168 valence electrons. The Balaban J connectivity index is 1.52. The van der Waals surface area contributed by atoms with Crippen LogP contribution in [0, 0.1) is 0 Å². The van der Waals surface area contributed by atoms with Gasteiger partial charge in [-0.25, -0.2) is 4.98 Å². The van der Waals surface area contributed by atoms with Gasteiger partial charge in [-0.2, -0.15) is 13.2 Å². The van der Waals surface area contributed by atoms with Gasteiger partial charge >= 0.3 is 6.18 Å². The van der Waals surface area contributed by atoms with Crippen molar-refractivity contribution >= 4 is 22.5 Å². The van der Waals surface area contributed by atoms with Crippen molar-refractivity contribution in [2.45, 2.75) is 43.6 Å². The van der Waals surface area contributed by atoms with Gasteiger partial charge in [-0.1, -0.05) is 36.4 Å². The van der Waals surface area contributed by atoms with Crippen LogP contribution in [0.5, 0.6) is 0 Å². The minimum atomic E-state index is -4.56. The molecule has 1 heterocycles. The molecule has 0 unspecified atom stereocenters. The van der Waals surface area contributed by atoms with Crippen molar-refractivity contribution in [3.8, 4) is 0 Å². The fourth-order valence-corrected chi connectivity index (χ4v) is 4.14. The van der Waals surface area contributed by atoms with Gasteiger partial charge in [-0.15, -0.1) is 0 Å². The fraction of sp³-hybridized carbons (Fsp3) is 0.333. The maximum atomic E-state index is 13.4. The van der Waals surface area contributed by atoms with Crippen LogP contribution in [0.2, 0.25) is 0 Å². The molecule has 0 spiro atoms. The van der Waals surface area contributed by atoms with E-state index < -0.39 is 17.6 Å². The largest absolute Gasteiger partial charge is 0.433 e. The monoisotopic (exact) mass is 443 g/mol. The number of anilines is 1. The summed E-state index contributed by atoms with van der Waals surface area (Å²) in [5.41, 5.74) is -0.594. The minimum Gasteiger partial charge on any atom is -0.359 e. The van der Waals surface area contributed by atoms with Gasteiger partial charge in [0.15, 0.2) is 0 Å². The summed E-state index contributed by atoms with van der Waals surface area (Å²) in [7, 11) is 1.55. The van der Waals surface area contributed by atoms with Gasteiger partial charge in [-0.3, -0.25) is 4.79 Å². The molecule has 4 rings (SSSR count). The first kappa shape index (κ1) is 22.1. The van der Waals surface area contributed by atoms with Crippen LogP contribution in [0.1, 0.15) is 41.7 Å². The van der Waals surface area contributed by atoms with Gasteiger partial charge in [-0.05, 0) is 49.9 Å². The van der Waals surface area contributed by atoms with Crippen molar-refractivity contribution in [3.63, 3.8) is 0 Å². The Morgan fingerprint density at radius 3 is 2.38 bits per heavy atom. The Morgan fingerprint density at radius 2 is 1.72 bits per heavy atom. The Bertz CT molecular complexity index is 1090. The van der Waals surface area contributed by atoms with E-state index in [0.717, 1.165) is 6.07 Å². The SMILES string of the molecule is COC1(Nc2cc(C(F)(F)F)nc3ccccc23)CCC(NC(=O)c2ccccc2)CC1. The predicted octanol–water partition coefficient (Wildman–Crippen LogP) is 5.38.